The molecule has 0 heterocycles. The fourth-order valence-corrected chi connectivity index (χ4v) is 3.76. The number of hydrogen-bond acceptors (Lipinski definition) is 6. The van der Waals surface area contributed by atoms with Gasteiger partial charge in [0.2, 0.25) is 0 Å². The summed E-state index contributed by atoms with van der Waals surface area (Å²) in [5.41, 5.74) is 7.09. The molecular formula is C27H29F2N3O4. The lowest BCUT2D eigenvalue weighted by Gasteiger charge is -2.25. The van der Waals surface area contributed by atoms with Crippen LogP contribution >= 0.6 is 0 Å². The zero-order valence-electron chi connectivity index (χ0n) is 19.8. The molecular weight excluding hydrogens is 468 g/mol. The van der Waals surface area contributed by atoms with Crippen molar-refractivity contribution in [1.82, 2.24) is 10.6 Å². The summed E-state index contributed by atoms with van der Waals surface area (Å²) in [5.74, 6) is -1.68. The number of ketones is 1. The molecule has 3 aromatic carbocycles. The molecule has 0 saturated carbocycles. The number of carbonyl (C=O) groups is 2. The van der Waals surface area contributed by atoms with Gasteiger partial charge in [0.15, 0.2) is 5.78 Å². The molecule has 0 unspecified atom stereocenters. The van der Waals surface area contributed by atoms with Gasteiger partial charge in [0.25, 0.3) is 5.91 Å². The van der Waals surface area contributed by atoms with Crippen LogP contribution in [0, 0.1) is 11.6 Å². The van der Waals surface area contributed by atoms with Crippen molar-refractivity contribution < 1.29 is 28.2 Å². The molecule has 190 valence electrons. The number of amides is 1. The van der Waals surface area contributed by atoms with Crippen LogP contribution in [0.25, 0.3) is 0 Å². The van der Waals surface area contributed by atoms with Crippen molar-refractivity contribution in [2.45, 2.75) is 25.1 Å². The van der Waals surface area contributed by atoms with Crippen LogP contribution in [0.15, 0.2) is 66.7 Å². The Morgan fingerprint density at radius 3 is 2.36 bits per heavy atom. The van der Waals surface area contributed by atoms with E-state index in [1.807, 2.05) is 24.3 Å². The smallest absolute Gasteiger partial charge is 0.251 e. The molecule has 36 heavy (non-hydrogen) atoms. The van der Waals surface area contributed by atoms with Gasteiger partial charge in [0.05, 0.1) is 25.8 Å². The van der Waals surface area contributed by atoms with E-state index in [2.05, 4.69) is 10.6 Å². The Balaban J connectivity index is 1.74. The van der Waals surface area contributed by atoms with Gasteiger partial charge < -0.3 is 26.2 Å². The monoisotopic (exact) mass is 497 g/mol. The molecule has 0 radical (unpaired) electrons. The molecule has 0 saturated heterocycles. The van der Waals surface area contributed by atoms with Crippen molar-refractivity contribution in [2.24, 2.45) is 5.73 Å². The number of halogens is 2. The maximum absolute atomic E-state index is 13.8. The molecule has 1 amide bonds. The van der Waals surface area contributed by atoms with E-state index >= 15 is 0 Å². The van der Waals surface area contributed by atoms with Gasteiger partial charge in [-0.3, -0.25) is 9.59 Å². The lowest BCUT2D eigenvalue weighted by atomic mass is 9.99. The van der Waals surface area contributed by atoms with Crippen molar-refractivity contribution in [2.75, 3.05) is 20.2 Å². The van der Waals surface area contributed by atoms with Crippen molar-refractivity contribution in [3.05, 3.63) is 101 Å². The van der Waals surface area contributed by atoms with Crippen LogP contribution in [0.3, 0.4) is 0 Å². The van der Waals surface area contributed by atoms with Crippen LogP contribution in [0.5, 0.6) is 5.75 Å². The molecule has 7 nitrogen and oxygen atoms in total. The average molecular weight is 498 g/mol. The molecule has 0 aliphatic heterocycles. The first kappa shape index (κ1) is 26.9. The van der Waals surface area contributed by atoms with Crippen LogP contribution < -0.4 is 21.1 Å². The van der Waals surface area contributed by atoms with E-state index in [9.17, 15) is 23.5 Å². The highest BCUT2D eigenvalue weighted by molar-refractivity contribution is 6.01. The summed E-state index contributed by atoms with van der Waals surface area (Å²) in [4.78, 5) is 24.9. The van der Waals surface area contributed by atoms with Crippen LogP contribution in [-0.2, 0) is 13.0 Å². The third-order valence-electron chi connectivity index (χ3n) is 5.61. The summed E-state index contributed by atoms with van der Waals surface area (Å²) < 4.78 is 32.7. The number of hydrogen-bond donors (Lipinski definition) is 4. The fraction of sp³-hybridized carbons (Fsp3) is 0.259. The second kappa shape index (κ2) is 12.9. The van der Waals surface area contributed by atoms with E-state index in [0.717, 1.165) is 23.8 Å². The van der Waals surface area contributed by atoms with Crippen LogP contribution in [-0.4, -0.2) is 49.1 Å². The van der Waals surface area contributed by atoms with Gasteiger partial charge in [-0.15, -0.1) is 0 Å². The van der Waals surface area contributed by atoms with Gasteiger partial charge in [-0.05, 0) is 53.9 Å². The average Bonchev–Trinajstić information content (AvgIpc) is 2.87. The van der Waals surface area contributed by atoms with Crippen LogP contribution in [0.4, 0.5) is 8.78 Å². The summed E-state index contributed by atoms with van der Waals surface area (Å²) in [6, 6.07) is 15.6. The summed E-state index contributed by atoms with van der Waals surface area (Å²) >= 11 is 0. The number of ether oxygens (including phenoxy) is 1. The van der Waals surface area contributed by atoms with Crippen LogP contribution in [0.1, 0.15) is 31.8 Å². The molecule has 0 spiro atoms. The van der Waals surface area contributed by atoms with E-state index in [0.29, 0.717) is 12.3 Å². The molecule has 0 fully saturated rings. The number of Topliss-reactive ketones (excluding diaryl/α,β-unsaturated/α-hetero) is 1. The van der Waals surface area contributed by atoms with E-state index in [-0.39, 0.29) is 42.0 Å². The molecule has 0 aliphatic rings. The maximum Gasteiger partial charge on any atom is 0.251 e. The Hall–Kier alpha value is -3.66. The number of methoxy groups -OCH3 is 1. The Labute approximate surface area is 208 Å². The predicted octanol–water partition coefficient (Wildman–Crippen LogP) is 2.61. The second-order valence-electron chi connectivity index (χ2n) is 8.32. The maximum atomic E-state index is 13.8. The third-order valence-corrected chi connectivity index (χ3v) is 5.61. The molecule has 3 rings (SSSR count). The molecule has 0 aromatic heterocycles. The van der Waals surface area contributed by atoms with Gasteiger partial charge in [0.1, 0.15) is 17.4 Å². The van der Waals surface area contributed by atoms with Gasteiger partial charge in [0, 0.05) is 30.3 Å². The zero-order chi connectivity index (χ0) is 26.1. The SMILES string of the molecule is COc1cccc(CNC[C@@H](O)[C@@H](Cc2cc(F)cc(F)c2)NC(=O)c2cccc(C(=O)CN)c2)c1. The molecule has 3 aromatic rings. The molecule has 5 N–H and O–H groups in total. The second-order valence-corrected chi connectivity index (χ2v) is 8.32. The quantitative estimate of drug-likeness (QED) is 0.286. The first-order valence-electron chi connectivity index (χ1n) is 11.4. The van der Waals surface area contributed by atoms with Crippen molar-refractivity contribution >= 4 is 11.7 Å². The summed E-state index contributed by atoms with van der Waals surface area (Å²) in [6.45, 7) is 0.314. The molecule has 2 atom stereocenters. The molecule has 0 aliphatic carbocycles. The Morgan fingerprint density at radius 1 is 0.972 bits per heavy atom. The molecule has 9 heteroatoms. The first-order valence-corrected chi connectivity index (χ1v) is 11.4. The normalized spacial score (nSPS) is 12.6. The highest BCUT2D eigenvalue weighted by atomic mass is 19.1. The largest absolute Gasteiger partial charge is 0.497 e. The van der Waals surface area contributed by atoms with E-state index < -0.39 is 29.7 Å². The first-order chi connectivity index (χ1) is 17.3. The zero-order valence-corrected chi connectivity index (χ0v) is 19.8. The number of nitrogens with two attached hydrogens (primary N) is 1. The van der Waals surface area contributed by atoms with Crippen molar-refractivity contribution in [1.29, 1.82) is 0 Å². The standard InChI is InChI=1S/C27H29F2N3O4/c1-36-23-7-2-4-17(10-23)15-31-16-26(34)24(11-18-8-21(28)13-22(29)9-18)32-27(35)20-6-3-5-19(12-20)25(33)14-30/h2-10,12-13,24,26,31,34H,11,14-16,30H2,1H3,(H,32,35)/t24-,26-/m1/s1. The lowest BCUT2D eigenvalue weighted by Crippen LogP contribution is -2.48. The van der Waals surface area contributed by atoms with Gasteiger partial charge in [-0.2, -0.15) is 0 Å². The summed E-state index contributed by atoms with van der Waals surface area (Å²) in [6.07, 6.45) is -1.12. The Morgan fingerprint density at radius 2 is 1.67 bits per heavy atom. The van der Waals surface area contributed by atoms with Gasteiger partial charge in [-0.25, -0.2) is 8.78 Å². The lowest BCUT2D eigenvalue weighted by molar-refractivity contribution is 0.0830. The van der Waals surface area contributed by atoms with E-state index in [1.54, 1.807) is 19.2 Å². The van der Waals surface area contributed by atoms with Crippen LogP contribution in [0.2, 0.25) is 0 Å². The minimum absolute atomic E-state index is 0.0240. The number of rotatable bonds is 12. The predicted molar refractivity (Wildman–Crippen MR) is 132 cm³/mol. The van der Waals surface area contributed by atoms with E-state index in [4.69, 9.17) is 10.5 Å². The van der Waals surface area contributed by atoms with Crippen molar-refractivity contribution in [3.63, 3.8) is 0 Å². The fourth-order valence-electron chi connectivity index (χ4n) is 3.76. The van der Waals surface area contributed by atoms with Gasteiger partial charge >= 0.3 is 0 Å². The minimum atomic E-state index is -1.10. The van der Waals surface area contributed by atoms with Gasteiger partial charge in [-0.1, -0.05) is 24.3 Å². The number of aliphatic hydroxyl groups is 1. The highest BCUT2D eigenvalue weighted by Crippen LogP contribution is 2.15. The minimum Gasteiger partial charge on any atom is -0.497 e. The topological polar surface area (TPSA) is 114 Å². The number of benzene rings is 3. The number of carbonyl (C=O) groups excluding carboxylic acids is 2. The Bertz CT molecular complexity index is 1180. The number of aliphatic hydroxyl groups excluding tert-OH is 1. The molecule has 0 bridgehead atoms. The third kappa shape index (κ3) is 7.67. The number of nitrogens with one attached hydrogen (secondary N) is 2. The van der Waals surface area contributed by atoms with Crippen molar-refractivity contribution in [3.8, 4) is 5.75 Å². The summed E-state index contributed by atoms with van der Waals surface area (Å²) in [7, 11) is 1.57. The summed E-state index contributed by atoms with van der Waals surface area (Å²) in [5, 5.41) is 16.8. The Kier molecular flexibility index (Phi) is 9.63. The highest BCUT2D eigenvalue weighted by Gasteiger charge is 2.23. The van der Waals surface area contributed by atoms with E-state index in [1.165, 1.54) is 12.1 Å².